The van der Waals surface area contributed by atoms with Gasteiger partial charge in [0.05, 0.1) is 6.61 Å². The lowest BCUT2D eigenvalue weighted by atomic mass is 9.66. The highest BCUT2D eigenvalue weighted by atomic mass is 16.5. The number of carbonyl (C=O) groups is 1. The molecule has 1 spiro atoms. The van der Waals surface area contributed by atoms with Crippen molar-refractivity contribution in [3.05, 3.63) is 29.3 Å². The third-order valence-corrected chi connectivity index (χ3v) is 4.36. The van der Waals surface area contributed by atoms with Crippen LogP contribution in [0.5, 0.6) is 5.75 Å². The first-order valence-electron chi connectivity index (χ1n) is 6.57. The first-order valence-corrected chi connectivity index (χ1v) is 6.57. The van der Waals surface area contributed by atoms with Gasteiger partial charge in [-0.1, -0.05) is 19.3 Å². The number of ether oxygens (including phenoxy) is 1. The van der Waals surface area contributed by atoms with Gasteiger partial charge in [0.2, 0.25) is 0 Å². The van der Waals surface area contributed by atoms with Crippen molar-refractivity contribution in [3.63, 3.8) is 0 Å². The Morgan fingerprint density at radius 1 is 1.12 bits per heavy atom. The molecular weight excluding hydrogens is 212 g/mol. The molecule has 0 bridgehead atoms. The van der Waals surface area contributed by atoms with Gasteiger partial charge in [-0.05, 0) is 37.5 Å². The maximum atomic E-state index is 10.9. The van der Waals surface area contributed by atoms with Crippen LogP contribution >= 0.6 is 0 Å². The van der Waals surface area contributed by atoms with Crippen LogP contribution in [-0.2, 0) is 5.41 Å². The van der Waals surface area contributed by atoms with Gasteiger partial charge in [0, 0.05) is 16.5 Å². The van der Waals surface area contributed by atoms with Crippen LogP contribution in [0.4, 0.5) is 0 Å². The topological polar surface area (TPSA) is 26.3 Å². The fourth-order valence-electron chi connectivity index (χ4n) is 3.40. The van der Waals surface area contributed by atoms with E-state index in [4.69, 9.17) is 4.74 Å². The highest BCUT2D eigenvalue weighted by molar-refractivity contribution is 5.76. The van der Waals surface area contributed by atoms with E-state index in [1.165, 1.54) is 37.7 Å². The number of hydrogen-bond donors (Lipinski definition) is 0. The number of fused-ring (bicyclic) bond motifs is 2. The number of rotatable bonds is 1. The quantitative estimate of drug-likeness (QED) is 0.690. The molecule has 0 atom stereocenters. The van der Waals surface area contributed by atoms with Crippen LogP contribution in [-0.4, -0.2) is 12.9 Å². The Morgan fingerprint density at radius 2 is 1.94 bits per heavy atom. The van der Waals surface area contributed by atoms with Crippen molar-refractivity contribution in [1.82, 2.24) is 0 Å². The predicted octanol–water partition coefficient (Wildman–Crippen LogP) is 3.48. The van der Waals surface area contributed by atoms with Crippen LogP contribution in [0.2, 0.25) is 0 Å². The summed E-state index contributed by atoms with van der Waals surface area (Å²) in [6, 6.07) is 5.87. The van der Waals surface area contributed by atoms with E-state index in [9.17, 15) is 4.79 Å². The molecule has 2 aliphatic rings. The molecule has 1 aromatic carbocycles. The van der Waals surface area contributed by atoms with E-state index in [-0.39, 0.29) is 0 Å². The molecular formula is C15H18O2. The van der Waals surface area contributed by atoms with Gasteiger partial charge in [-0.2, -0.15) is 0 Å². The monoisotopic (exact) mass is 230 g/mol. The van der Waals surface area contributed by atoms with Gasteiger partial charge >= 0.3 is 0 Å². The van der Waals surface area contributed by atoms with E-state index in [2.05, 4.69) is 0 Å². The van der Waals surface area contributed by atoms with E-state index < -0.39 is 0 Å². The predicted molar refractivity (Wildman–Crippen MR) is 66.7 cm³/mol. The Morgan fingerprint density at radius 3 is 2.71 bits per heavy atom. The average Bonchev–Trinajstić information content (AvgIpc) is 2.40. The minimum absolute atomic E-state index is 0.296. The van der Waals surface area contributed by atoms with Crippen LogP contribution < -0.4 is 4.74 Å². The highest BCUT2D eigenvalue weighted by Gasteiger charge is 2.38. The maximum absolute atomic E-state index is 10.9. The SMILES string of the molecule is O=Cc1ccc2c(c1)C1(CCCCC1)CCO2. The molecule has 0 N–H and O–H groups in total. The summed E-state index contributed by atoms with van der Waals surface area (Å²) in [4.78, 5) is 10.9. The summed E-state index contributed by atoms with van der Waals surface area (Å²) >= 11 is 0. The summed E-state index contributed by atoms with van der Waals surface area (Å²) in [6.07, 6.45) is 8.53. The van der Waals surface area contributed by atoms with Gasteiger partial charge in [0.1, 0.15) is 12.0 Å². The maximum Gasteiger partial charge on any atom is 0.150 e. The second kappa shape index (κ2) is 4.17. The van der Waals surface area contributed by atoms with Gasteiger partial charge in [0.25, 0.3) is 0 Å². The molecule has 1 saturated carbocycles. The molecule has 1 fully saturated rings. The molecule has 0 unspecified atom stereocenters. The Hall–Kier alpha value is -1.31. The van der Waals surface area contributed by atoms with Crippen molar-refractivity contribution in [3.8, 4) is 5.75 Å². The number of aldehydes is 1. The number of carbonyl (C=O) groups excluding carboxylic acids is 1. The molecule has 1 aromatic rings. The molecule has 2 heteroatoms. The second-order valence-corrected chi connectivity index (χ2v) is 5.31. The summed E-state index contributed by atoms with van der Waals surface area (Å²) in [5.74, 6) is 1.00. The van der Waals surface area contributed by atoms with Crippen molar-refractivity contribution in [2.24, 2.45) is 0 Å². The third kappa shape index (κ3) is 1.76. The molecule has 1 aliphatic heterocycles. The van der Waals surface area contributed by atoms with Gasteiger partial charge in [0.15, 0.2) is 0 Å². The fourth-order valence-corrected chi connectivity index (χ4v) is 3.40. The van der Waals surface area contributed by atoms with Gasteiger partial charge in [-0.15, -0.1) is 0 Å². The van der Waals surface area contributed by atoms with Gasteiger partial charge in [-0.3, -0.25) is 4.79 Å². The van der Waals surface area contributed by atoms with Crippen LogP contribution in [0.3, 0.4) is 0 Å². The molecule has 3 rings (SSSR count). The summed E-state index contributed by atoms with van der Waals surface area (Å²) in [6.45, 7) is 0.827. The van der Waals surface area contributed by atoms with E-state index in [1.807, 2.05) is 18.2 Å². The lowest BCUT2D eigenvalue weighted by Crippen LogP contribution is -2.35. The number of hydrogen-bond acceptors (Lipinski definition) is 2. The minimum atomic E-state index is 0.296. The van der Waals surface area contributed by atoms with Crippen molar-refractivity contribution in [2.75, 3.05) is 6.61 Å². The van der Waals surface area contributed by atoms with Crippen molar-refractivity contribution < 1.29 is 9.53 Å². The van der Waals surface area contributed by atoms with Crippen LogP contribution in [0.15, 0.2) is 18.2 Å². The largest absolute Gasteiger partial charge is 0.493 e. The molecule has 0 radical (unpaired) electrons. The van der Waals surface area contributed by atoms with Crippen LogP contribution in [0.25, 0.3) is 0 Å². The highest BCUT2D eigenvalue weighted by Crippen LogP contribution is 2.48. The smallest absolute Gasteiger partial charge is 0.150 e. The first kappa shape index (κ1) is 10.8. The average molecular weight is 230 g/mol. The lowest BCUT2D eigenvalue weighted by molar-refractivity contribution is 0.112. The zero-order chi connectivity index (χ0) is 11.7. The lowest BCUT2D eigenvalue weighted by Gasteiger charge is -2.42. The van der Waals surface area contributed by atoms with Crippen molar-refractivity contribution >= 4 is 6.29 Å². The Kier molecular flexibility index (Phi) is 2.65. The van der Waals surface area contributed by atoms with E-state index in [1.54, 1.807) is 0 Å². The zero-order valence-corrected chi connectivity index (χ0v) is 10.1. The summed E-state index contributed by atoms with van der Waals surface area (Å²) in [7, 11) is 0. The van der Waals surface area contributed by atoms with E-state index in [0.717, 1.165) is 30.6 Å². The minimum Gasteiger partial charge on any atom is -0.493 e. The second-order valence-electron chi connectivity index (χ2n) is 5.31. The molecule has 1 aliphatic carbocycles. The van der Waals surface area contributed by atoms with E-state index in [0.29, 0.717) is 5.41 Å². The van der Waals surface area contributed by atoms with Crippen molar-refractivity contribution in [2.45, 2.75) is 43.9 Å². The van der Waals surface area contributed by atoms with E-state index >= 15 is 0 Å². The molecule has 0 aromatic heterocycles. The standard InChI is InChI=1S/C15H18O2/c16-11-12-4-5-14-13(10-12)15(8-9-17-14)6-2-1-3-7-15/h4-5,10-11H,1-3,6-9H2. The number of benzene rings is 1. The third-order valence-electron chi connectivity index (χ3n) is 4.36. The Balaban J connectivity index is 2.07. The van der Waals surface area contributed by atoms with Gasteiger partial charge in [-0.25, -0.2) is 0 Å². The molecule has 0 amide bonds. The normalized spacial score (nSPS) is 21.6. The molecule has 17 heavy (non-hydrogen) atoms. The summed E-state index contributed by atoms with van der Waals surface area (Å²) in [5.41, 5.74) is 2.36. The molecule has 0 saturated heterocycles. The molecule has 2 nitrogen and oxygen atoms in total. The molecule has 90 valence electrons. The van der Waals surface area contributed by atoms with Crippen LogP contribution in [0, 0.1) is 0 Å². The summed E-state index contributed by atoms with van der Waals surface area (Å²) in [5, 5.41) is 0. The summed E-state index contributed by atoms with van der Waals surface area (Å²) < 4.78 is 5.73. The zero-order valence-electron chi connectivity index (χ0n) is 10.1. The van der Waals surface area contributed by atoms with Gasteiger partial charge < -0.3 is 4.74 Å². The Bertz CT molecular complexity index is 431. The fraction of sp³-hybridized carbons (Fsp3) is 0.533. The van der Waals surface area contributed by atoms with Crippen LogP contribution in [0.1, 0.15) is 54.4 Å². The Labute approximate surface area is 102 Å². The molecule has 1 heterocycles. The van der Waals surface area contributed by atoms with Crippen molar-refractivity contribution in [1.29, 1.82) is 0 Å². The first-order chi connectivity index (χ1) is 8.34.